The van der Waals surface area contributed by atoms with Crippen molar-refractivity contribution in [3.05, 3.63) is 42.0 Å². The number of esters is 1. The lowest BCUT2D eigenvalue weighted by molar-refractivity contribution is -0.153. The predicted octanol–water partition coefficient (Wildman–Crippen LogP) is 2.70. The number of likely N-dealkylation sites (tertiary alicyclic amines) is 1. The third kappa shape index (κ3) is 2.68. The molecule has 1 aliphatic heterocycles. The summed E-state index contributed by atoms with van der Waals surface area (Å²) in [6.07, 6.45) is 2.47. The highest BCUT2D eigenvalue weighted by Gasteiger charge is 2.57. The normalized spacial score (nSPS) is 26.2. The minimum atomic E-state index is -0.981. The molecule has 0 aromatic heterocycles. The zero-order valence-corrected chi connectivity index (χ0v) is 14.7. The second-order valence-electron chi connectivity index (χ2n) is 6.91. The van der Waals surface area contributed by atoms with Gasteiger partial charge in [-0.15, -0.1) is 0 Å². The van der Waals surface area contributed by atoms with Crippen LogP contribution in [0.3, 0.4) is 0 Å². The summed E-state index contributed by atoms with van der Waals surface area (Å²) in [4.78, 5) is 39.1. The van der Waals surface area contributed by atoms with Gasteiger partial charge in [-0.25, -0.2) is 4.79 Å². The zero-order valence-electron chi connectivity index (χ0n) is 14.7. The van der Waals surface area contributed by atoms with E-state index in [-0.39, 0.29) is 17.6 Å². The van der Waals surface area contributed by atoms with Gasteiger partial charge in [0.1, 0.15) is 11.2 Å². The van der Waals surface area contributed by atoms with E-state index in [2.05, 4.69) is 6.58 Å². The minimum Gasteiger partial charge on any atom is -0.465 e. The van der Waals surface area contributed by atoms with Crippen LogP contribution in [0.15, 0.2) is 30.8 Å². The Hall–Kier alpha value is -2.43. The Morgan fingerprint density at radius 1 is 1.32 bits per heavy atom. The van der Waals surface area contributed by atoms with E-state index in [0.29, 0.717) is 31.4 Å². The monoisotopic (exact) mass is 341 g/mol. The molecule has 3 rings (SSSR count). The first-order valence-electron chi connectivity index (χ1n) is 8.58. The van der Waals surface area contributed by atoms with Crippen LogP contribution < -0.4 is 0 Å². The topological polar surface area (TPSA) is 63.7 Å². The predicted molar refractivity (Wildman–Crippen MR) is 93.9 cm³/mol. The van der Waals surface area contributed by atoms with Gasteiger partial charge in [-0.2, -0.15) is 0 Å². The first-order valence-corrected chi connectivity index (χ1v) is 8.58. The van der Waals surface area contributed by atoms with E-state index in [0.717, 1.165) is 17.6 Å². The number of carbonyl (C=O) groups excluding carboxylic acids is 3. The van der Waals surface area contributed by atoms with Crippen molar-refractivity contribution in [1.82, 2.24) is 4.90 Å². The third-order valence-corrected chi connectivity index (χ3v) is 5.62. The second-order valence-corrected chi connectivity index (χ2v) is 6.91. The molecule has 1 heterocycles. The van der Waals surface area contributed by atoms with Gasteiger partial charge in [-0.05, 0) is 42.5 Å². The molecule has 0 unspecified atom stereocenters. The quantitative estimate of drug-likeness (QED) is 0.626. The molecular weight excluding hydrogens is 318 g/mol. The number of allylic oxidation sites excluding steroid dienone is 1. The summed E-state index contributed by atoms with van der Waals surface area (Å²) in [6, 6.07) is 7.04. The second kappa shape index (κ2) is 6.47. The highest BCUT2D eigenvalue weighted by molar-refractivity contribution is 6.09. The van der Waals surface area contributed by atoms with E-state index in [1.807, 2.05) is 6.07 Å². The number of nitrogens with zero attached hydrogens (tertiary/aromatic N) is 1. The summed E-state index contributed by atoms with van der Waals surface area (Å²) < 4.78 is 4.77. The summed E-state index contributed by atoms with van der Waals surface area (Å²) in [7, 11) is 3.10. The Bertz CT molecular complexity index is 754. The first-order chi connectivity index (χ1) is 11.9. The smallest absolute Gasteiger partial charge is 0.337 e. The largest absolute Gasteiger partial charge is 0.465 e. The van der Waals surface area contributed by atoms with Crippen LogP contribution in [-0.4, -0.2) is 43.3 Å². The Kier molecular flexibility index (Phi) is 4.50. The molecule has 5 heteroatoms. The van der Waals surface area contributed by atoms with Crippen molar-refractivity contribution in [2.75, 3.05) is 20.7 Å². The van der Waals surface area contributed by atoms with Crippen molar-refractivity contribution < 1.29 is 19.1 Å². The lowest BCUT2D eigenvalue weighted by Crippen LogP contribution is -2.54. The van der Waals surface area contributed by atoms with E-state index in [9.17, 15) is 14.4 Å². The van der Waals surface area contributed by atoms with Gasteiger partial charge < -0.3 is 9.64 Å². The average molecular weight is 341 g/mol. The maximum atomic E-state index is 12.9. The van der Waals surface area contributed by atoms with Crippen molar-refractivity contribution in [2.24, 2.45) is 11.3 Å². The molecule has 1 spiro atoms. The Morgan fingerprint density at radius 2 is 2.04 bits per heavy atom. The number of methoxy groups -OCH3 is 1. The van der Waals surface area contributed by atoms with Crippen molar-refractivity contribution in [1.29, 1.82) is 0 Å². The van der Waals surface area contributed by atoms with Gasteiger partial charge >= 0.3 is 5.97 Å². The van der Waals surface area contributed by atoms with Gasteiger partial charge in [0.05, 0.1) is 12.7 Å². The maximum Gasteiger partial charge on any atom is 0.337 e. The lowest BCUT2D eigenvalue weighted by atomic mass is 9.64. The molecule has 1 saturated carbocycles. The summed E-state index contributed by atoms with van der Waals surface area (Å²) in [5.41, 5.74) is 0.990. The van der Waals surface area contributed by atoms with Crippen LogP contribution in [0.25, 0.3) is 5.57 Å². The van der Waals surface area contributed by atoms with Gasteiger partial charge in [-0.1, -0.05) is 18.7 Å². The average Bonchev–Trinajstić information content (AvgIpc) is 3.01. The number of amides is 1. The van der Waals surface area contributed by atoms with Crippen molar-refractivity contribution in [2.45, 2.75) is 25.7 Å². The van der Waals surface area contributed by atoms with Crippen molar-refractivity contribution in [3.63, 3.8) is 0 Å². The Morgan fingerprint density at radius 3 is 2.68 bits per heavy atom. The van der Waals surface area contributed by atoms with Crippen LogP contribution in [0.4, 0.5) is 0 Å². The molecule has 2 atom stereocenters. The molecule has 25 heavy (non-hydrogen) atoms. The number of ketones is 1. The molecule has 132 valence electrons. The van der Waals surface area contributed by atoms with Crippen LogP contribution in [-0.2, 0) is 14.3 Å². The number of hydrogen-bond acceptors (Lipinski definition) is 4. The molecule has 1 amide bonds. The fourth-order valence-electron chi connectivity index (χ4n) is 4.28. The van der Waals surface area contributed by atoms with Crippen LogP contribution in [0.1, 0.15) is 41.6 Å². The van der Waals surface area contributed by atoms with Crippen LogP contribution in [0, 0.1) is 11.3 Å². The molecule has 1 aromatic rings. The highest BCUT2D eigenvalue weighted by atomic mass is 16.5. The molecule has 0 bridgehead atoms. The minimum absolute atomic E-state index is 0.0272. The number of benzene rings is 1. The van der Waals surface area contributed by atoms with E-state index < -0.39 is 11.4 Å². The Balaban J connectivity index is 1.99. The van der Waals surface area contributed by atoms with E-state index in [1.165, 1.54) is 7.11 Å². The van der Waals surface area contributed by atoms with Gasteiger partial charge in [0, 0.05) is 25.9 Å². The van der Waals surface area contributed by atoms with E-state index in [1.54, 1.807) is 30.1 Å². The molecule has 1 saturated heterocycles. The SMILES string of the molecule is C=C(c1cccc(C(=O)OC)c1)[C@@H]1CCN(C)C(=O)[C@]12CCCC2=O. The maximum absolute atomic E-state index is 12.9. The van der Waals surface area contributed by atoms with Gasteiger partial charge in [0.15, 0.2) is 0 Å². The van der Waals surface area contributed by atoms with Crippen LogP contribution >= 0.6 is 0 Å². The molecule has 1 aliphatic carbocycles. The first kappa shape index (κ1) is 17.4. The fraction of sp³-hybridized carbons (Fsp3) is 0.450. The number of Topliss-reactive ketones (excluding diaryl/α,β-unsaturated/α-hetero) is 1. The summed E-state index contributed by atoms with van der Waals surface area (Å²) >= 11 is 0. The molecule has 1 aromatic carbocycles. The van der Waals surface area contributed by atoms with E-state index in [4.69, 9.17) is 4.74 Å². The number of carbonyl (C=O) groups is 3. The molecular formula is C20H23NO4. The fourth-order valence-corrected chi connectivity index (χ4v) is 4.28. The van der Waals surface area contributed by atoms with Crippen molar-refractivity contribution >= 4 is 23.2 Å². The van der Waals surface area contributed by atoms with Gasteiger partial charge in [0.25, 0.3) is 0 Å². The zero-order chi connectivity index (χ0) is 18.2. The number of piperidine rings is 1. The molecule has 5 nitrogen and oxygen atoms in total. The third-order valence-electron chi connectivity index (χ3n) is 5.62. The highest BCUT2D eigenvalue weighted by Crippen LogP contribution is 2.51. The number of ether oxygens (including phenoxy) is 1. The molecule has 0 N–H and O–H groups in total. The standard InChI is InChI=1S/C20H23NO4/c1-13(14-6-4-7-15(12-14)18(23)25-3)16-9-11-21(2)19(24)20(16)10-5-8-17(20)22/h4,6-7,12,16H,1,5,8-11H2,2-3H3/t16-,20+/m0/s1. The number of hydrogen-bond donors (Lipinski definition) is 0. The summed E-state index contributed by atoms with van der Waals surface area (Å²) in [5.74, 6) is -0.698. The Labute approximate surface area is 147 Å². The lowest BCUT2D eigenvalue weighted by Gasteiger charge is -2.43. The molecule has 2 fully saturated rings. The number of rotatable bonds is 3. The summed E-state index contributed by atoms with van der Waals surface area (Å²) in [5, 5.41) is 0. The van der Waals surface area contributed by atoms with Crippen LogP contribution in [0.2, 0.25) is 0 Å². The van der Waals surface area contributed by atoms with Crippen molar-refractivity contribution in [3.8, 4) is 0 Å². The van der Waals surface area contributed by atoms with Gasteiger partial charge in [0.2, 0.25) is 5.91 Å². The van der Waals surface area contributed by atoms with E-state index >= 15 is 0 Å². The van der Waals surface area contributed by atoms with Crippen LogP contribution in [0.5, 0.6) is 0 Å². The molecule has 0 radical (unpaired) electrons. The van der Waals surface area contributed by atoms with Gasteiger partial charge in [-0.3, -0.25) is 9.59 Å². The molecule has 2 aliphatic rings. The summed E-state index contributed by atoms with van der Waals surface area (Å²) in [6.45, 7) is 4.82.